The molecule has 0 aliphatic heterocycles. The van der Waals surface area contributed by atoms with Crippen LogP contribution in [-0.4, -0.2) is 91.0 Å². The van der Waals surface area contributed by atoms with Crippen LogP contribution in [0.25, 0.3) is 0 Å². The van der Waals surface area contributed by atoms with E-state index in [0.29, 0.717) is 30.3 Å². The maximum absolute atomic E-state index is 12.9. The van der Waals surface area contributed by atoms with E-state index in [9.17, 15) is 29.6 Å². The number of hydrogen-bond donors (Lipinski definition) is 4. The van der Waals surface area contributed by atoms with Crippen LogP contribution < -0.4 is 10.2 Å². The van der Waals surface area contributed by atoms with E-state index >= 15 is 0 Å². The van der Waals surface area contributed by atoms with Gasteiger partial charge < -0.3 is 39.1 Å². The fourth-order valence-corrected chi connectivity index (χ4v) is 6.68. The van der Waals surface area contributed by atoms with E-state index in [1.54, 1.807) is 18.2 Å². The fourth-order valence-electron chi connectivity index (χ4n) is 5.96. The molecule has 55 heavy (non-hydrogen) atoms. The summed E-state index contributed by atoms with van der Waals surface area (Å²) in [6, 6.07) is -0.908. The highest BCUT2D eigenvalue weighted by molar-refractivity contribution is 7.45. The maximum atomic E-state index is 12.9. The second-order valence-corrected chi connectivity index (χ2v) is 17.5. The summed E-state index contributed by atoms with van der Waals surface area (Å²) in [7, 11) is 1.15. The number of nitrogens with zero attached hydrogens (tertiary/aromatic N) is 1. The number of unbranched alkanes of at least 4 members (excludes halogenated alkanes) is 15. The minimum atomic E-state index is -4.63. The van der Waals surface area contributed by atoms with Crippen LogP contribution in [-0.2, 0) is 18.4 Å². The Morgan fingerprint density at radius 1 is 0.673 bits per heavy atom. The molecule has 322 valence electrons. The van der Waals surface area contributed by atoms with E-state index < -0.39 is 38.8 Å². The van der Waals surface area contributed by atoms with Gasteiger partial charge in [-0.3, -0.25) is 9.36 Å². The molecule has 10 nitrogen and oxygen atoms in total. The molecule has 1 unspecified atom stereocenters. The molecular formula is C44H83N2O8P. The lowest BCUT2D eigenvalue weighted by molar-refractivity contribution is -0.870. The summed E-state index contributed by atoms with van der Waals surface area (Å²) in [5, 5.41) is 34.0. The van der Waals surface area contributed by atoms with E-state index in [-0.39, 0.29) is 18.9 Å². The van der Waals surface area contributed by atoms with Gasteiger partial charge in [-0.1, -0.05) is 172 Å². The molecule has 0 bridgehead atoms. The summed E-state index contributed by atoms with van der Waals surface area (Å²) < 4.78 is 23.1. The van der Waals surface area contributed by atoms with Crippen molar-refractivity contribution in [2.45, 2.75) is 186 Å². The first-order valence-corrected chi connectivity index (χ1v) is 23.2. The number of hydrogen-bond acceptors (Lipinski definition) is 8. The van der Waals surface area contributed by atoms with Gasteiger partial charge in [0.05, 0.1) is 52.1 Å². The summed E-state index contributed by atoms with van der Waals surface area (Å²) in [6.07, 6.45) is 36.0. The third kappa shape index (κ3) is 37.7. The molecule has 4 N–H and O–H groups in total. The maximum Gasteiger partial charge on any atom is 0.268 e. The van der Waals surface area contributed by atoms with Crippen molar-refractivity contribution in [3.8, 4) is 0 Å². The number of carbonyl (C=O) groups excluding carboxylic acids is 1. The molecule has 0 radical (unpaired) electrons. The zero-order chi connectivity index (χ0) is 41.0. The lowest BCUT2D eigenvalue weighted by atomic mass is 10.0. The van der Waals surface area contributed by atoms with E-state index in [1.165, 1.54) is 64.2 Å². The second kappa shape index (κ2) is 35.5. The summed E-state index contributed by atoms with van der Waals surface area (Å²) in [5.74, 6) is -0.342. The molecule has 0 aliphatic carbocycles. The Morgan fingerprint density at radius 3 is 1.64 bits per heavy atom. The minimum Gasteiger partial charge on any atom is -0.756 e. The number of likely N-dealkylation sites (N-methyl/N-ethyl adjacent to an activating group) is 1. The number of aliphatic hydroxyl groups excluding tert-OH is 3. The molecule has 11 heteroatoms. The van der Waals surface area contributed by atoms with E-state index in [1.807, 2.05) is 51.5 Å². The number of phosphoric acid groups is 1. The van der Waals surface area contributed by atoms with Crippen molar-refractivity contribution < 1.29 is 43.1 Å². The predicted molar refractivity (Wildman–Crippen MR) is 226 cm³/mol. The first-order valence-electron chi connectivity index (χ1n) is 21.7. The SMILES string of the molecule is CCCCCCCCCCCCCCCC[C@@H](O)[C@H](COP(=O)([O-])OCC[N+](C)(C)C)NC(=O)CCC[C@H](O)/C=C/C=C\C/C=C\C=C\[C@H](O)CCCCC. The highest BCUT2D eigenvalue weighted by Crippen LogP contribution is 2.38. The molecule has 0 fully saturated rings. The van der Waals surface area contributed by atoms with Crippen LogP contribution in [0.3, 0.4) is 0 Å². The smallest absolute Gasteiger partial charge is 0.268 e. The molecule has 0 heterocycles. The van der Waals surface area contributed by atoms with Gasteiger partial charge in [-0.15, -0.1) is 0 Å². The highest BCUT2D eigenvalue weighted by Gasteiger charge is 2.24. The quantitative estimate of drug-likeness (QED) is 0.0209. The third-order valence-corrected chi connectivity index (χ3v) is 10.5. The third-order valence-electron chi connectivity index (χ3n) is 9.53. The largest absolute Gasteiger partial charge is 0.756 e. The topological polar surface area (TPSA) is 148 Å². The zero-order valence-electron chi connectivity index (χ0n) is 35.6. The van der Waals surface area contributed by atoms with Gasteiger partial charge >= 0.3 is 0 Å². The van der Waals surface area contributed by atoms with Crippen molar-refractivity contribution in [3.05, 3.63) is 48.6 Å². The van der Waals surface area contributed by atoms with Gasteiger partial charge in [0.1, 0.15) is 13.2 Å². The van der Waals surface area contributed by atoms with Crippen LogP contribution in [0.4, 0.5) is 0 Å². The zero-order valence-corrected chi connectivity index (χ0v) is 36.5. The van der Waals surface area contributed by atoms with E-state index in [2.05, 4.69) is 19.2 Å². The lowest BCUT2D eigenvalue weighted by Gasteiger charge is -2.30. The van der Waals surface area contributed by atoms with Gasteiger partial charge in [0.2, 0.25) is 5.91 Å². The molecule has 0 saturated heterocycles. The fraction of sp³-hybridized carbons (Fsp3) is 0.795. The molecule has 0 aromatic rings. The Bertz CT molecular complexity index is 1070. The van der Waals surface area contributed by atoms with Crippen LogP contribution in [0.5, 0.6) is 0 Å². The number of quaternary nitrogens is 1. The Kier molecular flexibility index (Phi) is 34.5. The average molecular weight is 799 g/mol. The predicted octanol–water partition coefficient (Wildman–Crippen LogP) is 9.00. The molecule has 0 aromatic carbocycles. The van der Waals surface area contributed by atoms with Gasteiger partial charge in [-0.2, -0.15) is 0 Å². The Labute approximate surface area is 336 Å². The van der Waals surface area contributed by atoms with Crippen molar-refractivity contribution in [1.82, 2.24) is 5.32 Å². The van der Waals surface area contributed by atoms with Crippen LogP contribution in [0.1, 0.15) is 162 Å². The first kappa shape index (κ1) is 53.4. The molecule has 0 rings (SSSR count). The van der Waals surface area contributed by atoms with Gasteiger partial charge in [-0.25, -0.2) is 0 Å². The Morgan fingerprint density at radius 2 is 1.13 bits per heavy atom. The number of amides is 1. The van der Waals surface area contributed by atoms with Gasteiger partial charge in [0, 0.05) is 6.42 Å². The number of aliphatic hydroxyl groups is 3. The number of nitrogens with one attached hydrogen (secondary N) is 1. The Balaban J connectivity index is 4.66. The monoisotopic (exact) mass is 799 g/mol. The van der Waals surface area contributed by atoms with Crippen molar-refractivity contribution in [2.75, 3.05) is 40.9 Å². The summed E-state index contributed by atoms with van der Waals surface area (Å²) >= 11 is 0. The van der Waals surface area contributed by atoms with Crippen LogP contribution in [0.15, 0.2) is 48.6 Å². The summed E-state index contributed by atoms with van der Waals surface area (Å²) in [6.45, 7) is 4.41. The average Bonchev–Trinajstić information content (AvgIpc) is 3.12. The number of allylic oxidation sites excluding steroid dienone is 6. The standard InChI is InChI=1S/C44H83N2O8P/c1-6-8-10-11-12-13-14-15-16-17-18-22-25-29-35-43(49)42(39-54-55(51,52)53-38-37-46(3,4)5)45-44(50)36-30-34-41(48)33-28-24-21-19-20-23-27-32-40(47)31-26-9-7-2/h20-21,23-24,27-28,32-33,40-43,47-49H,6-19,22,25-26,29-31,34-39H2,1-5H3,(H-,45,50,51,52)/b23-20-,24-21-,32-27+,33-28+/t40-,41-,42+,43-/m1/s1. The highest BCUT2D eigenvalue weighted by atomic mass is 31.2. The van der Waals surface area contributed by atoms with E-state index in [0.717, 1.165) is 57.8 Å². The number of carbonyl (C=O) groups is 1. The molecule has 0 saturated carbocycles. The first-order chi connectivity index (χ1) is 26.3. The summed E-state index contributed by atoms with van der Waals surface area (Å²) in [4.78, 5) is 25.3. The van der Waals surface area contributed by atoms with Crippen LogP contribution >= 0.6 is 7.82 Å². The number of rotatable bonds is 38. The van der Waals surface area contributed by atoms with Gasteiger partial charge in [0.15, 0.2) is 0 Å². The van der Waals surface area contributed by atoms with Gasteiger partial charge in [-0.05, 0) is 32.1 Å². The van der Waals surface area contributed by atoms with E-state index in [4.69, 9.17) is 9.05 Å². The second-order valence-electron chi connectivity index (χ2n) is 16.1. The number of phosphoric ester groups is 1. The van der Waals surface area contributed by atoms with Gasteiger partial charge in [0.25, 0.3) is 7.82 Å². The lowest BCUT2D eigenvalue weighted by Crippen LogP contribution is -2.46. The van der Waals surface area contributed by atoms with Crippen molar-refractivity contribution in [3.63, 3.8) is 0 Å². The van der Waals surface area contributed by atoms with Crippen LogP contribution in [0.2, 0.25) is 0 Å². The minimum absolute atomic E-state index is 0.0325. The molecule has 0 aliphatic rings. The molecule has 5 atom stereocenters. The Hall–Kier alpha value is -1.62. The molecular weight excluding hydrogens is 715 g/mol. The normalized spacial score (nSPS) is 16.0. The van der Waals surface area contributed by atoms with Crippen LogP contribution in [0, 0.1) is 0 Å². The van der Waals surface area contributed by atoms with Crippen molar-refractivity contribution >= 4 is 13.7 Å². The summed E-state index contributed by atoms with van der Waals surface area (Å²) in [5.41, 5.74) is 0. The van der Waals surface area contributed by atoms with Crippen molar-refractivity contribution in [2.24, 2.45) is 0 Å². The van der Waals surface area contributed by atoms with Crippen molar-refractivity contribution in [1.29, 1.82) is 0 Å². The molecule has 0 aromatic heterocycles. The molecule has 1 amide bonds. The molecule has 0 spiro atoms.